The van der Waals surface area contributed by atoms with Gasteiger partial charge in [0.05, 0.1) is 0 Å². The summed E-state index contributed by atoms with van der Waals surface area (Å²) in [6, 6.07) is 13.0. The summed E-state index contributed by atoms with van der Waals surface area (Å²) in [4.78, 5) is 4.26. The number of benzene rings is 1. The third kappa shape index (κ3) is 2.31. The first-order chi connectivity index (χ1) is 9.75. The zero-order valence-electron chi connectivity index (χ0n) is 11.0. The van der Waals surface area contributed by atoms with Crippen LogP contribution in [0.15, 0.2) is 53.1 Å². The molecule has 0 radical (unpaired) electrons. The van der Waals surface area contributed by atoms with Crippen molar-refractivity contribution in [3.05, 3.63) is 65.7 Å². The normalized spacial score (nSPS) is 12.3. The second-order valence-electron chi connectivity index (χ2n) is 4.50. The molecule has 0 fully saturated rings. The largest absolute Gasteiger partial charge is 0.417 e. The molecule has 1 atom stereocenters. The molecule has 0 amide bonds. The molecule has 1 unspecified atom stereocenters. The highest BCUT2D eigenvalue weighted by atomic mass is 16.4. The lowest BCUT2D eigenvalue weighted by atomic mass is 10.1. The van der Waals surface area contributed by atoms with E-state index in [0.29, 0.717) is 17.5 Å². The Bertz CT molecular complexity index is 709. The number of hydrogen-bond acceptors (Lipinski definition) is 5. The highest BCUT2D eigenvalue weighted by Crippen LogP contribution is 2.23. The third-order valence-corrected chi connectivity index (χ3v) is 3.08. The molecule has 5 heteroatoms. The molecule has 3 aromatic rings. The van der Waals surface area contributed by atoms with Crippen molar-refractivity contribution in [2.24, 2.45) is 5.73 Å². The highest BCUT2D eigenvalue weighted by Gasteiger charge is 2.18. The van der Waals surface area contributed by atoms with Crippen LogP contribution in [0.5, 0.6) is 0 Å². The number of pyridine rings is 1. The van der Waals surface area contributed by atoms with Gasteiger partial charge in [-0.1, -0.05) is 36.4 Å². The van der Waals surface area contributed by atoms with Crippen LogP contribution in [0.3, 0.4) is 0 Å². The van der Waals surface area contributed by atoms with Crippen molar-refractivity contribution in [1.29, 1.82) is 0 Å². The van der Waals surface area contributed by atoms with Gasteiger partial charge in [-0.25, -0.2) is 0 Å². The summed E-state index contributed by atoms with van der Waals surface area (Å²) in [5.41, 5.74) is 8.73. The molecule has 20 heavy (non-hydrogen) atoms. The molecule has 1 aromatic carbocycles. The number of nitrogens with zero attached hydrogens (tertiary/aromatic N) is 3. The van der Waals surface area contributed by atoms with Crippen LogP contribution in [0.25, 0.3) is 11.6 Å². The molecule has 0 aliphatic heterocycles. The monoisotopic (exact) mass is 266 g/mol. The van der Waals surface area contributed by atoms with Crippen LogP contribution in [-0.4, -0.2) is 15.2 Å². The van der Waals surface area contributed by atoms with Crippen molar-refractivity contribution in [3.63, 3.8) is 0 Å². The molecule has 2 N–H and O–H groups in total. The maximum Gasteiger partial charge on any atom is 0.266 e. The summed E-state index contributed by atoms with van der Waals surface area (Å²) in [5.74, 6) is 0.778. The topological polar surface area (TPSA) is 77.8 Å². The average molecular weight is 266 g/mol. The van der Waals surface area contributed by atoms with Crippen molar-refractivity contribution in [2.45, 2.75) is 13.0 Å². The maximum absolute atomic E-state index is 6.13. The quantitative estimate of drug-likeness (QED) is 0.788. The van der Waals surface area contributed by atoms with Crippen LogP contribution >= 0.6 is 0 Å². The van der Waals surface area contributed by atoms with Crippen LogP contribution in [0.2, 0.25) is 0 Å². The average Bonchev–Trinajstić information content (AvgIpc) is 2.97. The number of nitrogens with two attached hydrogens (primary N) is 1. The van der Waals surface area contributed by atoms with Crippen LogP contribution in [0.4, 0.5) is 0 Å². The van der Waals surface area contributed by atoms with Crippen molar-refractivity contribution in [2.75, 3.05) is 0 Å². The Morgan fingerprint density at radius 3 is 2.60 bits per heavy atom. The van der Waals surface area contributed by atoms with E-state index in [0.717, 1.165) is 11.1 Å². The van der Waals surface area contributed by atoms with Gasteiger partial charge in [0, 0.05) is 6.20 Å². The molecular weight excluding hydrogens is 252 g/mol. The van der Waals surface area contributed by atoms with Crippen LogP contribution < -0.4 is 5.73 Å². The van der Waals surface area contributed by atoms with Gasteiger partial charge < -0.3 is 10.2 Å². The fraction of sp³-hybridized carbons (Fsp3) is 0.133. The van der Waals surface area contributed by atoms with E-state index in [1.165, 1.54) is 0 Å². The van der Waals surface area contributed by atoms with Crippen LogP contribution in [-0.2, 0) is 0 Å². The van der Waals surface area contributed by atoms with Gasteiger partial charge in [-0.05, 0) is 24.1 Å². The Morgan fingerprint density at radius 2 is 1.85 bits per heavy atom. The minimum atomic E-state index is -0.429. The Balaban J connectivity index is 1.93. The Labute approximate surface area is 116 Å². The molecule has 0 aliphatic carbocycles. The number of rotatable bonds is 3. The second kappa shape index (κ2) is 5.22. The Hall–Kier alpha value is -2.53. The molecule has 0 spiro atoms. The number of hydrogen-bond donors (Lipinski definition) is 1. The zero-order chi connectivity index (χ0) is 13.9. The smallest absolute Gasteiger partial charge is 0.266 e. The molecule has 0 aliphatic rings. The fourth-order valence-corrected chi connectivity index (χ4v) is 1.97. The first-order valence-corrected chi connectivity index (χ1v) is 6.31. The van der Waals surface area contributed by atoms with E-state index < -0.39 is 6.04 Å². The molecule has 2 heterocycles. The lowest BCUT2D eigenvalue weighted by Gasteiger charge is -2.06. The maximum atomic E-state index is 6.13. The minimum Gasteiger partial charge on any atom is -0.417 e. The van der Waals surface area contributed by atoms with E-state index in [1.807, 2.05) is 49.4 Å². The summed E-state index contributed by atoms with van der Waals surface area (Å²) in [6.07, 6.45) is 1.70. The Kier molecular flexibility index (Phi) is 3.26. The van der Waals surface area contributed by atoms with Gasteiger partial charge in [0.2, 0.25) is 5.89 Å². The van der Waals surface area contributed by atoms with Gasteiger partial charge in [-0.15, -0.1) is 10.2 Å². The van der Waals surface area contributed by atoms with E-state index in [9.17, 15) is 0 Å². The lowest BCUT2D eigenvalue weighted by Crippen LogP contribution is -2.11. The fourth-order valence-electron chi connectivity index (χ4n) is 1.97. The van der Waals surface area contributed by atoms with E-state index in [4.69, 9.17) is 10.2 Å². The van der Waals surface area contributed by atoms with Gasteiger partial charge in [-0.3, -0.25) is 4.98 Å². The van der Waals surface area contributed by atoms with Gasteiger partial charge in [0.25, 0.3) is 5.89 Å². The molecule has 3 rings (SSSR count). The molecule has 0 saturated heterocycles. The summed E-state index contributed by atoms with van der Waals surface area (Å²) >= 11 is 0. The predicted molar refractivity (Wildman–Crippen MR) is 74.7 cm³/mol. The van der Waals surface area contributed by atoms with E-state index in [2.05, 4.69) is 15.2 Å². The van der Waals surface area contributed by atoms with E-state index in [1.54, 1.807) is 6.20 Å². The Morgan fingerprint density at radius 1 is 1.05 bits per heavy atom. The molecule has 5 nitrogen and oxygen atoms in total. The van der Waals surface area contributed by atoms with Gasteiger partial charge in [-0.2, -0.15) is 0 Å². The number of aryl methyl sites for hydroxylation is 1. The van der Waals surface area contributed by atoms with Crippen molar-refractivity contribution in [3.8, 4) is 11.6 Å². The molecule has 0 bridgehead atoms. The van der Waals surface area contributed by atoms with Crippen LogP contribution in [0.1, 0.15) is 23.1 Å². The lowest BCUT2D eigenvalue weighted by molar-refractivity contribution is 0.482. The molecule has 100 valence electrons. The third-order valence-electron chi connectivity index (χ3n) is 3.08. The predicted octanol–water partition coefficient (Wildman–Crippen LogP) is 2.49. The van der Waals surface area contributed by atoms with Crippen molar-refractivity contribution >= 4 is 0 Å². The van der Waals surface area contributed by atoms with E-state index >= 15 is 0 Å². The van der Waals surface area contributed by atoms with Crippen molar-refractivity contribution < 1.29 is 4.42 Å². The summed E-state index contributed by atoms with van der Waals surface area (Å²) < 4.78 is 5.66. The zero-order valence-corrected chi connectivity index (χ0v) is 11.0. The minimum absolute atomic E-state index is 0.385. The van der Waals surface area contributed by atoms with Crippen LogP contribution in [0, 0.1) is 6.92 Å². The molecular formula is C15H14N4O. The summed E-state index contributed by atoms with van der Waals surface area (Å²) in [5, 5.41) is 8.06. The molecule has 0 saturated carbocycles. The van der Waals surface area contributed by atoms with Gasteiger partial charge in [0.1, 0.15) is 11.7 Å². The second-order valence-corrected chi connectivity index (χ2v) is 4.50. The standard InChI is InChI=1S/C15H14N4O/c1-10-6-5-9-17-13(10)15-19-18-14(20-15)12(16)11-7-3-2-4-8-11/h2-9,12H,16H2,1H3. The molecule has 2 aromatic heterocycles. The van der Waals surface area contributed by atoms with Crippen molar-refractivity contribution in [1.82, 2.24) is 15.2 Å². The summed E-state index contributed by atoms with van der Waals surface area (Å²) in [6.45, 7) is 1.95. The van der Waals surface area contributed by atoms with E-state index in [-0.39, 0.29) is 0 Å². The number of aromatic nitrogens is 3. The highest BCUT2D eigenvalue weighted by molar-refractivity contribution is 5.51. The van der Waals surface area contributed by atoms with Gasteiger partial charge >= 0.3 is 0 Å². The summed E-state index contributed by atoms with van der Waals surface area (Å²) in [7, 11) is 0. The SMILES string of the molecule is Cc1cccnc1-c1nnc(C(N)c2ccccc2)o1. The first kappa shape index (κ1) is 12.5. The van der Waals surface area contributed by atoms with Gasteiger partial charge in [0.15, 0.2) is 0 Å². The first-order valence-electron chi connectivity index (χ1n) is 6.31.